The molecule has 0 amide bonds. The lowest BCUT2D eigenvalue weighted by molar-refractivity contribution is -0.108. The highest BCUT2D eigenvalue weighted by atomic mass is 35.5. The van der Waals surface area contributed by atoms with Gasteiger partial charge in [-0.3, -0.25) is 0 Å². The number of benzene rings is 1. The smallest absolute Gasteiger partial charge is 0.182 e. The Morgan fingerprint density at radius 1 is 1.39 bits per heavy atom. The van der Waals surface area contributed by atoms with Crippen LogP contribution in [0.3, 0.4) is 0 Å². The summed E-state index contributed by atoms with van der Waals surface area (Å²) in [5.74, 6) is 0.622. The summed E-state index contributed by atoms with van der Waals surface area (Å²) in [6.45, 7) is 5.69. The van der Waals surface area contributed by atoms with E-state index in [9.17, 15) is 5.11 Å². The van der Waals surface area contributed by atoms with Gasteiger partial charge in [-0.2, -0.15) is 0 Å². The van der Waals surface area contributed by atoms with Crippen molar-refractivity contribution < 1.29 is 14.6 Å². The number of alkyl halides is 1. The Hall–Kier alpha value is -0.810. The van der Waals surface area contributed by atoms with Gasteiger partial charge in [0.2, 0.25) is 0 Å². The number of piperidine rings is 1. The van der Waals surface area contributed by atoms with Crippen molar-refractivity contribution in [2.24, 2.45) is 5.92 Å². The molecule has 1 heterocycles. The van der Waals surface area contributed by atoms with E-state index >= 15 is 0 Å². The van der Waals surface area contributed by atoms with Crippen LogP contribution in [0.1, 0.15) is 31.7 Å². The summed E-state index contributed by atoms with van der Waals surface area (Å²) in [4.78, 5) is 0. The number of aliphatic hydroxyl groups is 1. The first-order valence-electron chi connectivity index (χ1n) is 8.37. The average molecular weight is 342 g/mol. The van der Waals surface area contributed by atoms with Crippen molar-refractivity contribution in [2.75, 3.05) is 20.2 Å². The van der Waals surface area contributed by atoms with Gasteiger partial charge in [0.1, 0.15) is 5.75 Å². The molecule has 0 spiro atoms. The Morgan fingerprint density at radius 2 is 2.09 bits per heavy atom. The fraction of sp³-hybridized carbons (Fsp3) is 0.667. The molecule has 4 atom stereocenters. The summed E-state index contributed by atoms with van der Waals surface area (Å²) < 4.78 is 11.6. The lowest BCUT2D eigenvalue weighted by atomic mass is 9.87. The zero-order valence-corrected chi connectivity index (χ0v) is 15.0. The molecule has 2 N–H and O–H groups in total. The molecule has 0 saturated carbocycles. The maximum atomic E-state index is 11.1. The van der Waals surface area contributed by atoms with E-state index in [1.54, 1.807) is 7.11 Å². The summed E-state index contributed by atoms with van der Waals surface area (Å²) in [7, 11) is 1.63. The molecule has 0 bridgehead atoms. The lowest BCUT2D eigenvalue weighted by Gasteiger charge is -2.41. The number of aryl methyl sites for hydroxylation is 1. The molecular formula is C18H28ClNO3. The van der Waals surface area contributed by atoms with Gasteiger partial charge in [0.25, 0.3) is 0 Å². The quantitative estimate of drug-likeness (QED) is 0.748. The molecule has 23 heavy (non-hydrogen) atoms. The number of methoxy groups -OCH3 is 1. The van der Waals surface area contributed by atoms with E-state index in [4.69, 9.17) is 21.1 Å². The number of nitrogens with one attached hydrogen (secondary N) is 1. The molecule has 1 fully saturated rings. The van der Waals surface area contributed by atoms with Crippen LogP contribution in [0.4, 0.5) is 0 Å². The number of hydrogen-bond donors (Lipinski definition) is 2. The molecule has 2 rings (SSSR count). The number of ether oxygens (including phenoxy) is 2. The number of halogens is 1. The molecule has 1 aromatic rings. The van der Waals surface area contributed by atoms with Crippen LogP contribution in [0.5, 0.6) is 5.75 Å². The molecule has 1 saturated heterocycles. The maximum absolute atomic E-state index is 11.1. The lowest BCUT2D eigenvalue weighted by Crippen LogP contribution is -2.56. The second kappa shape index (κ2) is 8.34. The predicted octanol–water partition coefficient (Wildman–Crippen LogP) is 3.09. The zero-order chi connectivity index (χ0) is 16.9. The van der Waals surface area contributed by atoms with Gasteiger partial charge in [0.05, 0.1) is 6.10 Å². The Kier molecular flexibility index (Phi) is 6.72. The Bertz CT molecular complexity index is 468. The van der Waals surface area contributed by atoms with Gasteiger partial charge in [0.15, 0.2) is 11.2 Å². The van der Waals surface area contributed by atoms with Crippen molar-refractivity contribution in [1.82, 2.24) is 5.32 Å². The van der Waals surface area contributed by atoms with Gasteiger partial charge in [-0.15, -0.1) is 0 Å². The fourth-order valence-electron chi connectivity index (χ4n) is 3.12. The first kappa shape index (κ1) is 18.5. The molecule has 1 aromatic carbocycles. The van der Waals surface area contributed by atoms with Crippen LogP contribution in [0.15, 0.2) is 24.3 Å². The van der Waals surface area contributed by atoms with Crippen LogP contribution in [0, 0.1) is 12.8 Å². The average Bonchev–Trinajstić information content (AvgIpc) is 2.57. The van der Waals surface area contributed by atoms with E-state index in [1.165, 1.54) is 0 Å². The minimum atomic E-state index is -1.48. The van der Waals surface area contributed by atoms with Crippen LogP contribution in [0.2, 0.25) is 0 Å². The first-order valence-corrected chi connectivity index (χ1v) is 8.75. The number of hydrogen-bond acceptors (Lipinski definition) is 4. The van der Waals surface area contributed by atoms with Gasteiger partial charge in [0, 0.05) is 19.6 Å². The molecule has 3 unspecified atom stereocenters. The third-order valence-corrected chi connectivity index (χ3v) is 5.12. The van der Waals surface area contributed by atoms with Crippen molar-refractivity contribution in [2.45, 2.75) is 50.4 Å². The van der Waals surface area contributed by atoms with E-state index < -0.39 is 11.2 Å². The summed E-state index contributed by atoms with van der Waals surface area (Å²) in [6, 6.07) is 7.76. The van der Waals surface area contributed by atoms with Crippen molar-refractivity contribution in [3.8, 4) is 5.75 Å². The molecule has 130 valence electrons. The maximum Gasteiger partial charge on any atom is 0.182 e. The van der Waals surface area contributed by atoms with Gasteiger partial charge in [-0.25, -0.2) is 0 Å². The van der Waals surface area contributed by atoms with Crippen LogP contribution in [-0.2, 0) is 4.74 Å². The largest absolute Gasteiger partial charge is 0.483 e. The van der Waals surface area contributed by atoms with Crippen molar-refractivity contribution in [3.63, 3.8) is 0 Å². The molecule has 0 aliphatic carbocycles. The zero-order valence-electron chi connectivity index (χ0n) is 14.2. The minimum absolute atomic E-state index is 0.0717. The molecule has 5 heteroatoms. The van der Waals surface area contributed by atoms with Crippen LogP contribution < -0.4 is 10.1 Å². The van der Waals surface area contributed by atoms with Gasteiger partial charge >= 0.3 is 0 Å². The highest BCUT2D eigenvalue weighted by molar-refractivity contribution is 6.23. The van der Waals surface area contributed by atoms with Crippen molar-refractivity contribution in [1.29, 1.82) is 0 Å². The van der Waals surface area contributed by atoms with Gasteiger partial charge in [-0.1, -0.05) is 36.2 Å². The highest BCUT2D eigenvalue weighted by Gasteiger charge is 2.48. The van der Waals surface area contributed by atoms with E-state index in [-0.39, 0.29) is 12.0 Å². The number of rotatable bonds is 7. The first-order chi connectivity index (χ1) is 11.0. The van der Waals surface area contributed by atoms with E-state index in [2.05, 4.69) is 5.32 Å². The second-order valence-electron chi connectivity index (χ2n) is 6.30. The SMILES string of the molecule is CCC(OC)C(Oc1ccc(C)cc1)C(O)(Cl)[C@@H]1CCCNC1. The fourth-order valence-corrected chi connectivity index (χ4v) is 3.49. The molecule has 0 aromatic heterocycles. The Morgan fingerprint density at radius 3 is 2.61 bits per heavy atom. The van der Waals surface area contributed by atoms with Crippen LogP contribution >= 0.6 is 11.6 Å². The topological polar surface area (TPSA) is 50.7 Å². The van der Waals surface area contributed by atoms with Crippen LogP contribution in [0.25, 0.3) is 0 Å². The molecule has 0 radical (unpaired) electrons. The molecule has 1 aliphatic rings. The normalized spacial score (nSPS) is 23.8. The van der Waals surface area contributed by atoms with E-state index in [1.807, 2.05) is 38.1 Å². The van der Waals surface area contributed by atoms with Gasteiger partial charge in [-0.05, 0) is 44.9 Å². The Labute approximate surface area is 144 Å². The second-order valence-corrected chi connectivity index (χ2v) is 6.91. The van der Waals surface area contributed by atoms with E-state index in [0.717, 1.165) is 24.9 Å². The third kappa shape index (κ3) is 4.60. The standard InChI is InChI=1S/C18H28ClNO3/c1-4-16(22-3)17(23-15-9-7-13(2)8-10-15)18(19,21)14-6-5-11-20-12-14/h7-10,14,16-17,20-21H,4-6,11-12H2,1-3H3/t14-,16?,17?,18?/m1/s1. The van der Waals surface area contributed by atoms with Crippen molar-refractivity contribution in [3.05, 3.63) is 29.8 Å². The third-order valence-electron chi connectivity index (χ3n) is 4.60. The van der Waals surface area contributed by atoms with E-state index in [0.29, 0.717) is 18.7 Å². The Balaban J connectivity index is 2.23. The molecule has 1 aliphatic heterocycles. The summed E-state index contributed by atoms with van der Waals surface area (Å²) in [5, 5.41) is 12.9. The molecule has 4 nitrogen and oxygen atoms in total. The summed E-state index contributed by atoms with van der Waals surface area (Å²) in [5.41, 5.74) is 1.16. The highest BCUT2D eigenvalue weighted by Crippen LogP contribution is 2.36. The minimum Gasteiger partial charge on any atom is -0.483 e. The monoisotopic (exact) mass is 341 g/mol. The molecular weight excluding hydrogens is 314 g/mol. The summed E-state index contributed by atoms with van der Waals surface area (Å²) >= 11 is 6.63. The predicted molar refractivity (Wildman–Crippen MR) is 93.1 cm³/mol. The van der Waals surface area contributed by atoms with Gasteiger partial charge < -0.3 is 19.9 Å². The van der Waals surface area contributed by atoms with Crippen LogP contribution in [-0.4, -0.2) is 42.6 Å². The van der Waals surface area contributed by atoms with Crippen molar-refractivity contribution >= 4 is 11.6 Å². The summed E-state index contributed by atoms with van der Waals surface area (Å²) in [6.07, 6.45) is 1.68.